The van der Waals surface area contributed by atoms with Gasteiger partial charge in [0.15, 0.2) is 0 Å². The second kappa shape index (κ2) is 5.94. The molecule has 1 aromatic carbocycles. The van der Waals surface area contributed by atoms with E-state index >= 15 is 0 Å². The molecule has 2 rings (SSSR count). The Bertz CT molecular complexity index is 441. The summed E-state index contributed by atoms with van der Waals surface area (Å²) in [5.41, 5.74) is 6.08. The van der Waals surface area contributed by atoms with E-state index in [9.17, 15) is 8.78 Å². The van der Waals surface area contributed by atoms with E-state index in [-0.39, 0.29) is 24.7 Å². The first-order chi connectivity index (χ1) is 9.04. The molecule has 106 valence electrons. The molecule has 19 heavy (non-hydrogen) atoms. The number of benzene rings is 1. The first-order valence-electron chi connectivity index (χ1n) is 6.53. The van der Waals surface area contributed by atoms with Gasteiger partial charge in [0.2, 0.25) is 0 Å². The van der Waals surface area contributed by atoms with Crippen LogP contribution in [0, 0.1) is 11.6 Å². The maximum Gasteiger partial charge on any atom is 0.128 e. The minimum absolute atomic E-state index is 0.0793. The summed E-state index contributed by atoms with van der Waals surface area (Å²) in [5, 5.41) is 0. The number of hydrogen-bond donors (Lipinski definition) is 1. The largest absolute Gasteiger partial charge is 0.377 e. The van der Waals surface area contributed by atoms with Crippen LogP contribution in [0.4, 0.5) is 8.78 Å². The Morgan fingerprint density at radius 3 is 2.79 bits per heavy atom. The molecule has 0 amide bonds. The molecule has 1 saturated heterocycles. The van der Waals surface area contributed by atoms with E-state index in [0.717, 1.165) is 18.6 Å². The Kier molecular flexibility index (Phi) is 4.50. The zero-order valence-corrected chi connectivity index (χ0v) is 11.3. The van der Waals surface area contributed by atoms with Gasteiger partial charge in [0, 0.05) is 24.8 Å². The summed E-state index contributed by atoms with van der Waals surface area (Å²) in [6.45, 7) is 2.92. The van der Waals surface area contributed by atoms with Crippen LogP contribution < -0.4 is 5.73 Å². The van der Waals surface area contributed by atoms with E-state index in [1.807, 2.05) is 18.9 Å². The van der Waals surface area contributed by atoms with Crippen LogP contribution in [0.2, 0.25) is 0 Å². The minimum Gasteiger partial charge on any atom is -0.377 e. The van der Waals surface area contributed by atoms with Crippen LogP contribution in [0.3, 0.4) is 0 Å². The minimum atomic E-state index is -0.445. The van der Waals surface area contributed by atoms with Crippen LogP contribution >= 0.6 is 0 Å². The Morgan fingerprint density at radius 2 is 2.21 bits per heavy atom. The van der Waals surface area contributed by atoms with E-state index in [1.54, 1.807) is 0 Å². The van der Waals surface area contributed by atoms with Crippen LogP contribution in [0.5, 0.6) is 0 Å². The van der Waals surface area contributed by atoms with Crippen molar-refractivity contribution >= 4 is 0 Å². The highest BCUT2D eigenvalue weighted by Crippen LogP contribution is 2.28. The third-order valence-corrected chi connectivity index (χ3v) is 3.89. The van der Waals surface area contributed by atoms with Gasteiger partial charge in [-0.1, -0.05) is 0 Å². The average Bonchev–Trinajstić information content (AvgIpc) is 2.80. The number of nitrogens with two attached hydrogens (primary N) is 1. The zero-order valence-electron chi connectivity index (χ0n) is 11.3. The Labute approximate surface area is 112 Å². The maximum atomic E-state index is 13.9. The van der Waals surface area contributed by atoms with Crippen LogP contribution in [-0.4, -0.2) is 37.2 Å². The van der Waals surface area contributed by atoms with Crippen LogP contribution in [0.1, 0.15) is 24.9 Å². The second-order valence-corrected chi connectivity index (χ2v) is 5.01. The van der Waals surface area contributed by atoms with Gasteiger partial charge in [-0.15, -0.1) is 0 Å². The number of hydrogen-bond acceptors (Lipinski definition) is 3. The third kappa shape index (κ3) is 2.94. The van der Waals surface area contributed by atoms with Crippen molar-refractivity contribution in [3.05, 3.63) is 35.4 Å². The molecule has 3 atom stereocenters. The summed E-state index contributed by atoms with van der Waals surface area (Å²) in [5.74, 6) is -0.866. The Balaban J connectivity index is 2.26. The lowest BCUT2D eigenvalue weighted by Gasteiger charge is -2.34. The summed E-state index contributed by atoms with van der Waals surface area (Å²) in [4.78, 5) is 2.00. The Morgan fingerprint density at radius 1 is 1.47 bits per heavy atom. The van der Waals surface area contributed by atoms with E-state index in [1.165, 1.54) is 6.07 Å². The molecule has 1 fully saturated rings. The molecule has 0 aliphatic carbocycles. The monoisotopic (exact) mass is 270 g/mol. The van der Waals surface area contributed by atoms with E-state index in [2.05, 4.69) is 0 Å². The highest BCUT2D eigenvalue weighted by Gasteiger charge is 2.32. The van der Waals surface area contributed by atoms with Crippen LogP contribution in [0.15, 0.2) is 18.2 Å². The topological polar surface area (TPSA) is 38.5 Å². The quantitative estimate of drug-likeness (QED) is 0.910. The van der Waals surface area contributed by atoms with Crippen LogP contribution in [-0.2, 0) is 4.74 Å². The van der Waals surface area contributed by atoms with E-state index in [0.29, 0.717) is 12.2 Å². The lowest BCUT2D eigenvalue weighted by Crippen LogP contribution is -2.42. The van der Waals surface area contributed by atoms with Gasteiger partial charge in [-0.25, -0.2) is 8.78 Å². The molecule has 3 nitrogen and oxygen atoms in total. The Hall–Kier alpha value is -1.04. The van der Waals surface area contributed by atoms with Crippen molar-refractivity contribution in [1.29, 1.82) is 0 Å². The summed E-state index contributed by atoms with van der Waals surface area (Å²) < 4.78 is 32.7. The van der Waals surface area contributed by atoms with Crippen molar-refractivity contribution < 1.29 is 13.5 Å². The van der Waals surface area contributed by atoms with Crippen molar-refractivity contribution in [2.75, 3.05) is 20.2 Å². The van der Waals surface area contributed by atoms with Gasteiger partial charge in [0.25, 0.3) is 0 Å². The molecule has 0 saturated carbocycles. The predicted octanol–water partition coefficient (Wildman–Crippen LogP) is 2.07. The second-order valence-electron chi connectivity index (χ2n) is 5.01. The molecular weight excluding hydrogens is 250 g/mol. The molecular formula is C14H20F2N2O. The fourth-order valence-electron chi connectivity index (χ4n) is 2.77. The molecule has 3 unspecified atom stereocenters. The average molecular weight is 270 g/mol. The van der Waals surface area contributed by atoms with Crippen molar-refractivity contribution in [2.45, 2.75) is 31.5 Å². The van der Waals surface area contributed by atoms with Crippen molar-refractivity contribution in [3.63, 3.8) is 0 Å². The predicted molar refractivity (Wildman–Crippen MR) is 69.7 cm³/mol. The van der Waals surface area contributed by atoms with Gasteiger partial charge in [0.05, 0.1) is 12.1 Å². The summed E-state index contributed by atoms with van der Waals surface area (Å²) >= 11 is 0. The lowest BCUT2D eigenvalue weighted by atomic mass is 10.0. The first kappa shape index (κ1) is 14.4. The van der Waals surface area contributed by atoms with Gasteiger partial charge >= 0.3 is 0 Å². The highest BCUT2D eigenvalue weighted by atomic mass is 19.1. The standard InChI is InChI=1S/C14H20F2N2O/c1-9-13(5-6-19-9)18(2)14(8-17)11-7-10(15)3-4-12(11)16/h3-4,7,9,13-14H,5-6,8,17H2,1-2H3. The number of rotatable bonds is 4. The lowest BCUT2D eigenvalue weighted by molar-refractivity contribution is 0.0678. The molecule has 1 aliphatic heterocycles. The van der Waals surface area contributed by atoms with Gasteiger partial charge in [-0.3, -0.25) is 4.90 Å². The van der Waals surface area contributed by atoms with E-state index in [4.69, 9.17) is 10.5 Å². The molecule has 1 heterocycles. The van der Waals surface area contributed by atoms with Gasteiger partial charge in [0.1, 0.15) is 11.6 Å². The van der Waals surface area contributed by atoms with Gasteiger partial charge < -0.3 is 10.5 Å². The molecule has 0 aromatic heterocycles. The SMILES string of the molecule is CC1OCCC1N(C)C(CN)c1cc(F)ccc1F. The zero-order chi connectivity index (χ0) is 14.0. The smallest absolute Gasteiger partial charge is 0.128 e. The highest BCUT2D eigenvalue weighted by molar-refractivity contribution is 5.23. The van der Waals surface area contributed by atoms with Crippen molar-refractivity contribution in [3.8, 4) is 0 Å². The van der Waals surface area contributed by atoms with E-state index < -0.39 is 11.6 Å². The fraction of sp³-hybridized carbons (Fsp3) is 0.571. The molecule has 0 bridgehead atoms. The number of likely N-dealkylation sites (N-methyl/N-ethyl adjacent to an activating group) is 1. The maximum absolute atomic E-state index is 13.9. The van der Waals surface area contributed by atoms with Gasteiger partial charge in [-0.05, 0) is 38.6 Å². The van der Waals surface area contributed by atoms with Crippen LogP contribution in [0.25, 0.3) is 0 Å². The first-order valence-corrected chi connectivity index (χ1v) is 6.53. The number of ether oxygens (including phenoxy) is 1. The van der Waals surface area contributed by atoms with Gasteiger partial charge in [-0.2, -0.15) is 0 Å². The molecule has 2 N–H and O–H groups in total. The number of halogens is 2. The summed E-state index contributed by atoms with van der Waals surface area (Å²) in [6.07, 6.45) is 0.959. The fourth-order valence-corrected chi connectivity index (χ4v) is 2.77. The normalized spacial score (nSPS) is 24.9. The summed E-state index contributed by atoms with van der Waals surface area (Å²) in [6, 6.07) is 3.33. The molecule has 0 spiro atoms. The van der Waals surface area contributed by atoms with Crippen molar-refractivity contribution in [1.82, 2.24) is 4.90 Å². The van der Waals surface area contributed by atoms with Crippen molar-refractivity contribution in [2.24, 2.45) is 5.73 Å². The third-order valence-electron chi connectivity index (χ3n) is 3.89. The molecule has 5 heteroatoms. The summed E-state index contributed by atoms with van der Waals surface area (Å²) in [7, 11) is 1.89. The molecule has 1 aliphatic rings. The molecule has 0 radical (unpaired) electrons. The number of nitrogens with zero attached hydrogens (tertiary/aromatic N) is 1. The molecule has 1 aromatic rings.